The monoisotopic (exact) mass is 423 g/mol. The van der Waals surface area contributed by atoms with Gasteiger partial charge in [0.25, 0.3) is 0 Å². The third-order valence-corrected chi connectivity index (χ3v) is 6.02. The quantitative estimate of drug-likeness (QED) is 0.506. The van der Waals surface area contributed by atoms with Crippen molar-refractivity contribution in [3.8, 4) is 0 Å². The first-order valence-electron chi connectivity index (χ1n) is 11.6. The lowest BCUT2D eigenvalue weighted by molar-refractivity contribution is -0.127. The maximum atomic E-state index is 12.8. The molecule has 0 atom stereocenters. The van der Waals surface area contributed by atoms with E-state index < -0.39 is 24.0 Å². The number of aromatic nitrogens is 6. The van der Waals surface area contributed by atoms with Crippen molar-refractivity contribution in [1.82, 2.24) is 28.7 Å². The molecular formula is C21H24N8O2. The van der Waals surface area contributed by atoms with E-state index in [2.05, 4.69) is 20.4 Å². The van der Waals surface area contributed by atoms with E-state index in [0.29, 0.717) is 35.8 Å². The highest BCUT2D eigenvalue weighted by Gasteiger charge is 2.47. The molecule has 1 aliphatic rings. The average Bonchev–Trinajstić information content (AvgIpc) is 3.24. The molecule has 0 unspecified atom stereocenters. The second kappa shape index (κ2) is 6.66. The molecule has 0 spiro atoms. The van der Waals surface area contributed by atoms with Crippen LogP contribution in [-0.4, -0.2) is 34.6 Å². The molecule has 0 aromatic carbocycles. The summed E-state index contributed by atoms with van der Waals surface area (Å²) in [5.41, 5.74) is 5.64. The molecule has 1 aliphatic carbocycles. The van der Waals surface area contributed by atoms with Gasteiger partial charge in [-0.05, 0) is 38.8 Å². The Morgan fingerprint density at radius 3 is 2.68 bits per heavy atom. The highest BCUT2D eigenvalue weighted by atomic mass is 16.2. The third kappa shape index (κ3) is 2.74. The molecule has 1 amide bonds. The van der Waals surface area contributed by atoms with Crippen LogP contribution in [0.4, 0.5) is 11.6 Å². The first-order valence-corrected chi connectivity index (χ1v) is 10.1. The number of fused-ring (bicyclic) bond motifs is 2. The van der Waals surface area contributed by atoms with Crippen LogP contribution in [-0.2, 0) is 17.2 Å². The maximum Gasteiger partial charge on any atom is 0.329 e. The van der Waals surface area contributed by atoms with E-state index in [1.54, 1.807) is 22.8 Å². The van der Waals surface area contributed by atoms with E-state index in [9.17, 15) is 9.59 Å². The molecule has 0 bridgehead atoms. The fourth-order valence-corrected chi connectivity index (χ4v) is 4.20. The van der Waals surface area contributed by atoms with Crippen LogP contribution in [0, 0.1) is 0 Å². The van der Waals surface area contributed by atoms with Crippen molar-refractivity contribution in [2.45, 2.75) is 44.6 Å². The summed E-state index contributed by atoms with van der Waals surface area (Å²) in [6.07, 6.45) is 5.17. The number of nitrogens with zero attached hydrogens (tertiary/aromatic N) is 6. The minimum atomic E-state index is -2.63. The summed E-state index contributed by atoms with van der Waals surface area (Å²) in [5, 5.41) is 7.70. The van der Waals surface area contributed by atoms with Crippen molar-refractivity contribution in [2.75, 3.05) is 5.32 Å². The Morgan fingerprint density at radius 2 is 2.03 bits per heavy atom. The van der Waals surface area contributed by atoms with Crippen molar-refractivity contribution in [3.63, 3.8) is 0 Å². The number of imidazole rings is 2. The lowest BCUT2D eigenvalue weighted by atomic mass is 9.67. The molecule has 31 heavy (non-hydrogen) atoms. The van der Waals surface area contributed by atoms with Crippen molar-refractivity contribution in [1.29, 1.82) is 0 Å². The summed E-state index contributed by atoms with van der Waals surface area (Å²) < 4.78 is 27.1. The fourth-order valence-electron chi connectivity index (χ4n) is 4.20. The van der Waals surface area contributed by atoms with Gasteiger partial charge < -0.3 is 11.1 Å². The average molecular weight is 423 g/mol. The SMILES string of the molecule is [2H]C([2H])([2H])n1c(=O)n(C(C)C)c2cc(Nc3ccc4cnc(C5(C(N)=O)CCC5)n4n3)ncc21. The maximum absolute atomic E-state index is 12.8. The highest BCUT2D eigenvalue weighted by molar-refractivity contribution is 5.87. The number of carbonyl (C=O) groups is 1. The normalized spacial score (nSPS) is 17.3. The van der Waals surface area contributed by atoms with Gasteiger partial charge in [0.2, 0.25) is 5.91 Å². The van der Waals surface area contributed by atoms with Gasteiger partial charge in [0, 0.05) is 23.2 Å². The smallest absolute Gasteiger partial charge is 0.329 e. The van der Waals surface area contributed by atoms with E-state index >= 15 is 0 Å². The largest absolute Gasteiger partial charge is 0.369 e. The van der Waals surface area contributed by atoms with Crippen LogP contribution in [0.3, 0.4) is 0 Å². The Labute approximate surface area is 181 Å². The minimum Gasteiger partial charge on any atom is -0.369 e. The van der Waals surface area contributed by atoms with Crippen LogP contribution in [0.15, 0.2) is 35.4 Å². The number of rotatable bonds is 5. The second-order valence-corrected chi connectivity index (χ2v) is 8.20. The number of anilines is 2. The Kier molecular flexibility index (Phi) is 3.45. The van der Waals surface area contributed by atoms with Gasteiger partial charge in [-0.15, -0.1) is 5.10 Å². The Balaban J connectivity index is 1.58. The van der Waals surface area contributed by atoms with E-state index in [4.69, 9.17) is 9.85 Å². The fraction of sp³-hybridized carbons (Fsp3) is 0.381. The first-order chi connectivity index (χ1) is 16.0. The van der Waals surface area contributed by atoms with Gasteiger partial charge in [-0.3, -0.25) is 13.9 Å². The molecule has 0 aliphatic heterocycles. The topological polar surface area (TPSA) is 125 Å². The van der Waals surface area contributed by atoms with E-state index in [-0.39, 0.29) is 11.6 Å². The number of nitrogens with two attached hydrogens (primary N) is 1. The predicted molar refractivity (Wildman–Crippen MR) is 116 cm³/mol. The number of carbonyl (C=O) groups excluding carboxylic acids is 1. The van der Waals surface area contributed by atoms with Crippen molar-refractivity contribution >= 4 is 34.1 Å². The van der Waals surface area contributed by atoms with Crippen molar-refractivity contribution in [3.05, 3.63) is 46.9 Å². The second-order valence-electron chi connectivity index (χ2n) is 8.20. The lowest BCUT2D eigenvalue weighted by Crippen LogP contribution is -2.48. The first kappa shape index (κ1) is 16.1. The van der Waals surface area contributed by atoms with Crippen molar-refractivity contribution in [2.24, 2.45) is 12.7 Å². The Bertz CT molecular complexity index is 1490. The molecule has 0 radical (unpaired) electrons. The van der Waals surface area contributed by atoms with Gasteiger partial charge in [0.15, 0.2) is 5.82 Å². The van der Waals surface area contributed by atoms with E-state index in [1.165, 1.54) is 10.8 Å². The molecule has 160 valence electrons. The molecule has 0 saturated heterocycles. The van der Waals surface area contributed by atoms with Gasteiger partial charge in [-0.2, -0.15) is 0 Å². The predicted octanol–water partition coefficient (Wildman–Crippen LogP) is 2.01. The van der Waals surface area contributed by atoms with Crippen LogP contribution in [0.1, 0.15) is 49.1 Å². The van der Waals surface area contributed by atoms with Crippen LogP contribution in [0.25, 0.3) is 16.6 Å². The van der Waals surface area contributed by atoms with Gasteiger partial charge in [0.1, 0.15) is 17.1 Å². The zero-order valence-electron chi connectivity index (χ0n) is 20.2. The number of nitrogens with one attached hydrogen (secondary N) is 1. The summed E-state index contributed by atoms with van der Waals surface area (Å²) >= 11 is 0. The van der Waals surface area contributed by atoms with Crippen LogP contribution < -0.4 is 16.7 Å². The Hall–Kier alpha value is -3.69. The molecule has 1 fully saturated rings. The molecule has 4 aromatic heterocycles. The summed E-state index contributed by atoms with van der Waals surface area (Å²) in [5.74, 6) is 0.915. The molecule has 4 aromatic rings. The summed E-state index contributed by atoms with van der Waals surface area (Å²) in [6, 6.07) is 4.92. The number of primary amides is 1. The minimum absolute atomic E-state index is 0.220. The highest BCUT2D eigenvalue weighted by Crippen LogP contribution is 2.42. The van der Waals surface area contributed by atoms with Gasteiger partial charge in [-0.1, -0.05) is 6.42 Å². The third-order valence-electron chi connectivity index (χ3n) is 6.02. The zero-order valence-corrected chi connectivity index (χ0v) is 17.2. The molecule has 10 nitrogen and oxygen atoms in total. The van der Waals surface area contributed by atoms with Crippen LogP contribution in [0.2, 0.25) is 0 Å². The number of amides is 1. The number of hydrogen-bond donors (Lipinski definition) is 2. The number of hydrogen-bond acceptors (Lipinski definition) is 6. The Morgan fingerprint density at radius 1 is 1.23 bits per heavy atom. The standard InChI is InChI=1S/C21H24N8O2/c1-12(2)28-14-9-17(23-11-15(14)27(3)20(28)31)25-16-6-5-13-10-24-19(29(13)26-16)21(18(22)30)7-4-8-21/h5-6,9-12H,4,7-8H2,1-3H3,(H2,22,30)(H,23,25,26)/i3D3. The molecule has 10 heteroatoms. The molecule has 4 heterocycles. The van der Waals surface area contributed by atoms with Crippen molar-refractivity contribution < 1.29 is 8.91 Å². The molecule has 1 saturated carbocycles. The van der Waals surface area contributed by atoms with Gasteiger partial charge in [-0.25, -0.2) is 19.3 Å². The lowest BCUT2D eigenvalue weighted by Gasteiger charge is -2.37. The molecule has 5 rings (SSSR count). The summed E-state index contributed by atoms with van der Waals surface area (Å²) in [4.78, 5) is 33.8. The molecule has 3 N–H and O–H groups in total. The van der Waals surface area contributed by atoms with E-state index in [0.717, 1.165) is 16.5 Å². The summed E-state index contributed by atoms with van der Waals surface area (Å²) in [6.45, 7) is 0.987. The van der Waals surface area contributed by atoms with Crippen LogP contribution in [0.5, 0.6) is 0 Å². The summed E-state index contributed by atoms with van der Waals surface area (Å²) in [7, 11) is 0. The number of aryl methyl sites for hydroxylation is 1. The van der Waals surface area contributed by atoms with Crippen LogP contribution >= 0.6 is 0 Å². The van der Waals surface area contributed by atoms with Gasteiger partial charge in [0.05, 0.1) is 28.9 Å². The van der Waals surface area contributed by atoms with Gasteiger partial charge >= 0.3 is 5.69 Å². The molecular weight excluding hydrogens is 396 g/mol. The zero-order chi connectivity index (χ0) is 24.4. The van der Waals surface area contributed by atoms with E-state index in [1.807, 2.05) is 19.9 Å². The number of pyridine rings is 1.